The molecule has 96 valence electrons. The van der Waals surface area contributed by atoms with Crippen molar-refractivity contribution in [2.75, 3.05) is 33.2 Å². The first-order chi connectivity index (χ1) is 8.25. The molecule has 0 amide bonds. The number of nitrogens with zero attached hydrogens (tertiary/aromatic N) is 2. The zero-order valence-electron chi connectivity index (χ0n) is 10.9. The molecule has 0 aliphatic carbocycles. The maximum atomic E-state index is 4.36. The zero-order chi connectivity index (χ0) is 12.1. The van der Waals surface area contributed by atoms with E-state index in [9.17, 15) is 0 Å². The minimum Gasteiger partial charge on any atom is -0.316 e. The lowest BCUT2D eigenvalue weighted by Gasteiger charge is -2.29. The average Bonchev–Trinajstić information content (AvgIpc) is 2.85. The Morgan fingerprint density at radius 2 is 2.29 bits per heavy atom. The molecule has 1 aromatic rings. The Morgan fingerprint density at radius 3 is 2.94 bits per heavy atom. The van der Waals surface area contributed by atoms with E-state index in [0.29, 0.717) is 5.92 Å². The number of aromatic nitrogens is 1. The van der Waals surface area contributed by atoms with Gasteiger partial charge in [-0.05, 0) is 45.4 Å². The van der Waals surface area contributed by atoms with Gasteiger partial charge in [0.1, 0.15) is 0 Å². The molecule has 4 heteroatoms. The van der Waals surface area contributed by atoms with Gasteiger partial charge in [-0.1, -0.05) is 6.92 Å². The minimum absolute atomic E-state index is 0.543. The summed E-state index contributed by atoms with van der Waals surface area (Å²) in [6.45, 7) is 6.99. The van der Waals surface area contributed by atoms with Gasteiger partial charge in [0.25, 0.3) is 0 Å². The number of hydrogen-bond acceptors (Lipinski definition) is 4. The molecule has 1 N–H and O–H groups in total. The van der Waals surface area contributed by atoms with E-state index in [1.165, 1.54) is 37.5 Å². The molecule has 0 spiro atoms. The molecule has 1 unspecified atom stereocenters. The largest absolute Gasteiger partial charge is 0.316 e. The molecule has 1 fully saturated rings. The number of thiazole rings is 1. The van der Waals surface area contributed by atoms with Crippen LogP contribution in [0.5, 0.6) is 0 Å². The fourth-order valence-corrected chi connectivity index (χ4v) is 3.03. The van der Waals surface area contributed by atoms with Gasteiger partial charge < -0.3 is 10.2 Å². The first-order valence-corrected chi connectivity index (χ1v) is 7.42. The lowest BCUT2D eigenvalue weighted by Crippen LogP contribution is -2.35. The number of likely N-dealkylation sites (tertiary alicyclic amines) is 1. The number of piperidine rings is 1. The monoisotopic (exact) mass is 253 g/mol. The van der Waals surface area contributed by atoms with Crippen LogP contribution in [0.1, 0.15) is 30.7 Å². The first kappa shape index (κ1) is 13.0. The summed E-state index contributed by atoms with van der Waals surface area (Å²) in [5, 5.41) is 6.92. The molecule has 0 radical (unpaired) electrons. The second-order valence-corrected chi connectivity index (χ2v) is 6.10. The third-order valence-electron chi connectivity index (χ3n) is 3.59. The maximum Gasteiger partial charge on any atom is 0.0965 e. The summed E-state index contributed by atoms with van der Waals surface area (Å²) in [7, 11) is 2.22. The van der Waals surface area contributed by atoms with Gasteiger partial charge in [-0.3, -0.25) is 0 Å². The lowest BCUT2D eigenvalue weighted by molar-refractivity contribution is 0.216. The van der Waals surface area contributed by atoms with Crippen molar-refractivity contribution in [2.45, 2.75) is 25.7 Å². The highest BCUT2D eigenvalue weighted by molar-refractivity contribution is 7.09. The van der Waals surface area contributed by atoms with Crippen LogP contribution < -0.4 is 5.32 Å². The molecule has 2 rings (SSSR count). The third kappa shape index (κ3) is 4.05. The van der Waals surface area contributed by atoms with E-state index in [2.05, 4.69) is 34.6 Å². The van der Waals surface area contributed by atoms with Crippen molar-refractivity contribution < 1.29 is 0 Å². The number of rotatable bonds is 5. The van der Waals surface area contributed by atoms with E-state index < -0.39 is 0 Å². The molecular formula is C13H23N3S. The van der Waals surface area contributed by atoms with Crippen LogP contribution >= 0.6 is 11.3 Å². The van der Waals surface area contributed by atoms with Gasteiger partial charge in [0.2, 0.25) is 0 Å². The summed E-state index contributed by atoms with van der Waals surface area (Å²) in [5.74, 6) is 1.41. The molecule has 2 heterocycles. The molecular weight excluding hydrogens is 230 g/mol. The van der Waals surface area contributed by atoms with Gasteiger partial charge >= 0.3 is 0 Å². The molecule has 0 saturated carbocycles. The topological polar surface area (TPSA) is 28.2 Å². The average molecular weight is 253 g/mol. The van der Waals surface area contributed by atoms with Crippen LogP contribution in [0.25, 0.3) is 0 Å². The molecule has 0 aromatic carbocycles. The third-order valence-corrected chi connectivity index (χ3v) is 4.60. The van der Waals surface area contributed by atoms with Crippen LogP contribution in [0.3, 0.4) is 0 Å². The van der Waals surface area contributed by atoms with E-state index >= 15 is 0 Å². The van der Waals surface area contributed by atoms with Crippen LogP contribution in [0.4, 0.5) is 0 Å². The summed E-state index contributed by atoms with van der Waals surface area (Å²) in [4.78, 5) is 6.79. The molecule has 1 aliphatic heterocycles. The summed E-state index contributed by atoms with van der Waals surface area (Å²) >= 11 is 1.76. The van der Waals surface area contributed by atoms with Crippen molar-refractivity contribution in [3.63, 3.8) is 0 Å². The second kappa shape index (κ2) is 6.47. The van der Waals surface area contributed by atoms with Crippen molar-refractivity contribution in [3.8, 4) is 0 Å². The molecule has 1 aliphatic rings. The van der Waals surface area contributed by atoms with Gasteiger partial charge in [-0.2, -0.15) is 0 Å². The van der Waals surface area contributed by atoms with Gasteiger partial charge in [-0.15, -0.1) is 11.3 Å². The number of nitrogens with one attached hydrogen (secondary N) is 1. The lowest BCUT2D eigenvalue weighted by atomic mass is 9.97. The van der Waals surface area contributed by atoms with E-state index in [1.807, 2.05) is 6.20 Å². The smallest absolute Gasteiger partial charge is 0.0965 e. The van der Waals surface area contributed by atoms with Crippen molar-refractivity contribution in [3.05, 3.63) is 16.6 Å². The van der Waals surface area contributed by atoms with E-state index in [-0.39, 0.29) is 0 Å². The van der Waals surface area contributed by atoms with Crippen molar-refractivity contribution in [1.29, 1.82) is 0 Å². The normalized spacial score (nSPS) is 20.6. The molecule has 3 nitrogen and oxygen atoms in total. The van der Waals surface area contributed by atoms with E-state index in [1.54, 1.807) is 11.3 Å². The fraction of sp³-hybridized carbons (Fsp3) is 0.769. The Bertz CT molecular complexity index is 304. The second-order valence-electron chi connectivity index (χ2n) is 5.18. The Hall–Kier alpha value is -0.450. The van der Waals surface area contributed by atoms with Crippen molar-refractivity contribution >= 4 is 11.3 Å². The fourth-order valence-electron chi connectivity index (χ4n) is 2.34. The SMILES string of the molecule is CC(CNCC1CCN(C)CC1)c1nccs1. The van der Waals surface area contributed by atoms with Crippen molar-refractivity contribution in [2.24, 2.45) is 5.92 Å². The highest BCUT2D eigenvalue weighted by Gasteiger charge is 2.16. The van der Waals surface area contributed by atoms with Gasteiger partial charge in [0.05, 0.1) is 5.01 Å². The van der Waals surface area contributed by atoms with Gasteiger partial charge in [0.15, 0.2) is 0 Å². The van der Waals surface area contributed by atoms with Crippen LogP contribution in [0.2, 0.25) is 0 Å². The first-order valence-electron chi connectivity index (χ1n) is 6.54. The Labute approximate surface area is 108 Å². The molecule has 17 heavy (non-hydrogen) atoms. The zero-order valence-corrected chi connectivity index (χ0v) is 11.7. The molecule has 1 atom stereocenters. The number of hydrogen-bond donors (Lipinski definition) is 1. The Kier molecular flexibility index (Phi) is 4.95. The predicted octanol–water partition coefficient (Wildman–Crippen LogP) is 2.18. The molecule has 1 saturated heterocycles. The highest BCUT2D eigenvalue weighted by Crippen LogP contribution is 2.18. The molecule has 1 aromatic heterocycles. The predicted molar refractivity (Wildman–Crippen MR) is 73.6 cm³/mol. The van der Waals surface area contributed by atoms with Crippen LogP contribution in [0, 0.1) is 5.92 Å². The standard InChI is InChI=1S/C13H23N3S/c1-11(13-15-5-8-17-13)9-14-10-12-3-6-16(2)7-4-12/h5,8,11-12,14H,3-4,6-7,9-10H2,1-2H3. The van der Waals surface area contributed by atoms with Gasteiger partial charge in [0, 0.05) is 24.0 Å². The van der Waals surface area contributed by atoms with Crippen LogP contribution in [-0.4, -0.2) is 43.1 Å². The summed E-state index contributed by atoms with van der Waals surface area (Å²) in [5.41, 5.74) is 0. The summed E-state index contributed by atoms with van der Waals surface area (Å²) < 4.78 is 0. The van der Waals surface area contributed by atoms with Crippen LogP contribution in [0.15, 0.2) is 11.6 Å². The van der Waals surface area contributed by atoms with E-state index in [4.69, 9.17) is 0 Å². The minimum atomic E-state index is 0.543. The Morgan fingerprint density at radius 1 is 1.53 bits per heavy atom. The summed E-state index contributed by atoms with van der Waals surface area (Å²) in [6, 6.07) is 0. The quantitative estimate of drug-likeness (QED) is 0.872. The van der Waals surface area contributed by atoms with Gasteiger partial charge in [-0.25, -0.2) is 4.98 Å². The Balaban J connectivity index is 1.63. The summed E-state index contributed by atoms with van der Waals surface area (Å²) in [6.07, 6.45) is 4.58. The maximum absolute atomic E-state index is 4.36. The van der Waals surface area contributed by atoms with Crippen molar-refractivity contribution in [1.82, 2.24) is 15.2 Å². The highest BCUT2D eigenvalue weighted by atomic mass is 32.1. The molecule has 0 bridgehead atoms. The van der Waals surface area contributed by atoms with E-state index in [0.717, 1.165) is 12.5 Å². The van der Waals surface area contributed by atoms with Crippen LogP contribution in [-0.2, 0) is 0 Å².